The molecule has 2 nitrogen and oxygen atoms in total. The molecule has 70 valence electrons. The Morgan fingerprint density at radius 3 is 2.18 bits per heavy atom. The van der Waals surface area contributed by atoms with Gasteiger partial charge in [-0.3, -0.25) is 0 Å². The number of rotatable bonds is 5. The highest BCUT2D eigenvalue weighted by Gasteiger charge is 1.89. The molecule has 0 aliphatic carbocycles. The van der Waals surface area contributed by atoms with Gasteiger partial charge in [0.05, 0.1) is 0 Å². The van der Waals surface area contributed by atoms with Crippen molar-refractivity contribution in [3.05, 3.63) is 0 Å². The lowest BCUT2D eigenvalue weighted by atomic mass is 10.3. The lowest BCUT2D eigenvalue weighted by molar-refractivity contribution is 0.193. The van der Waals surface area contributed by atoms with Crippen molar-refractivity contribution >= 4 is 0 Å². The van der Waals surface area contributed by atoms with Crippen LogP contribution < -0.4 is 5.32 Å². The quantitative estimate of drug-likeness (QED) is 0.623. The average molecular weight is 161 g/mol. The van der Waals surface area contributed by atoms with Gasteiger partial charge in [0.25, 0.3) is 0 Å². The van der Waals surface area contributed by atoms with Crippen LogP contribution in [0.5, 0.6) is 0 Å². The lowest BCUT2D eigenvalue weighted by Crippen LogP contribution is -2.24. The first-order chi connectivity index (χ1) is 5.27. The molecule has 0 radical (unpaired) electrons. The first-order valence-corrected chi connectivity index (χ1v) is 4.49. The summed E-state index contributed by atoms with van der Waals surface area (Å²) < 4.78 is 4.88. The summed E-state index contributed by atoms with van der Waals surface area (Å²) in [5, 5.41) is 3.30. The second kappa shape index (κ2) is 12.6. The summed E-state index contributed by atoms with van der Waals surface area (Å²) in [6.07, 6.45) is 1.11. The molecule has 0 aromatic carbocycles. The number of methoxy groups -OCH3 is 1. The first kappa shape index (κ1) is 13.5. The van der Waals surface area contributed by atoms with Crippen molar-refractivity contribution < 1.29 is 4.74 Å². The fraction of sp³-hybridized carbons (Fsp3) is 1.00. The summed E-state index contributed by atoms with van der Waals surface area (Å²) in [5.74, 6) is 0. The standard InChI is InChI=1S/C7H17NO.C2H6/c1-7(2)8-5-4-6-9-3;1-2/h7-8H,4-6H2,1-3H3;1-2H3. The minimum absolute atomic E-state index is 0.599. The summed E-state index contributed by atoms with van der Waals surface area (Å²) >= 11 is 0. The fourth-order valence-electron chi connectivity index (χ4n) is 0.607. The number of hydrogen-bond donors (Lipinski definition) is 1. The Morgan fingerprint density at radius 1 is 1.27 bits per heavy atom. The third-order valence-electron chi connectivity index (χ3n) is 1.08. The van der Waals surface area contributed by atoms with Crippen molar-refractivity contribution in [1.29, 1.82) is 0 Å². The molecule has 0 bridgehead atoms. The van der Waals surface area contributed by atoms with Crippen molar-refractivity contribution in [2.24, 2.45) is 0 Å². The largest absolute Gasteiger partial charge is 0.385 e. The summed E-state index contributed by atoms with van der Waals surface area (Å²) in [7, 11) is 1.73. The van der Waals surface area contributed by atoms with E-state index in [9.17, 15) is 0 Å². The average Bonchev–Trinajstić information content (AvgIpc) is 2.02. The number of ether oxygens (including phenoxy) is 1. The third kappa shape index (κ3) is 17.8. The van der Waals surface area contributed by atoms with Crippen molar-refractivity contribution in [1.82, 2.24) is 5.32 Å². The molecule has 2 heteroatoms. The number of hydrogen-bond acceptors (Lipinski definition) is 2. The van der Waals surface area contributed by atoms with E-state index in [1.807, 2.05) is 13.8 Å². The second-order valence-electron chi connectivity index (χ2n) is 2.46. The molecule has 1 N–H and O–H groups in total. The highest BCUT2D eigenvalue weighted by Crippen LogP contribution is 1.80. The van der Waals surface area contributed by atoms with E-state index < -0.39 is 0 Å². The van der Waals surface area contributed by atoms with Crippen molar-refractivity contribution in [3.63, 3.8) is 0 Å². The van der Waals surface area contributed by atoms with Crippen LogP contribution in [-0.4, -0.2) is 26.3 Å². The summed E-state index contributed by atoms with van der Waals surface area (Å²) in [6.45, 7) is 10.2. The van der Waals surface area contributed by atoms with Crippen LogP contribution in [0.15, 0.2) is 0 Å². The van der Waals surface area contributed by atoms with Crippen LogP contribution in [0.4, 0.5) is 0 Å². The lowest BCUT2D eigenvalue weighted by Gasteiger charge is -2.05. The zero-order chi connectivity index (χ0) is 9.11. The van der Waals surface area contributed by atoms with Crippen LogP contribution in [0, 0.1) is 0 Å². The van der Waals surface area contributed by atoms with Gasteiger partial charge < -0.3 is 10.1 Å². The summed E-state index contributed by atoms with van der Waals surface area (Å²) in [4.78, 5) is 0. The molecule has 0 rings (SSSR count). The fourth-order valence-corrected chi connectivity index (χ4v) is 0.607. The molecule has 0 amide bonds. The van der Waals surface area contributed by atoms with Crippen LogP contribution in [0.3, 0.4) is 0 Å². The van der Waals surface area contributed by atoms with E-state index in [0.29, 0.717) is 6.04 Å². The second-order valence-corrected chi connectivity index (χ2v) is 2.46. The molecule has 11 heavy (non-hydrogen) atoms. The molecule has 0 fully saturated rings. The zero-order valence-corrected chi connectivity index (χ0v) is 8.61. The molecular weight excluding hydrogens is 138 g/mol. The maximum absolute atomic E-state index is 4.88. The molecule has 0 aliphatic rings. The minimum atomic E-state index is 0.599. The molecule has 0 unspecified atom stereocenters. The maximum atomic E-state index is 4.88. The van der Waals surface area contributed by atoms with Gasteiger partial charge in [0, 0.05) is 19.8 Å². The van der Waals surface area contributed by atoms with E-state index in [4.69, 9.17) is 4.74 Å². The Morgan fingerprint density at radius 2 is 1.82 bits per heavy atom. The van der Waals surface area contributed by atoms with Gasteiger partial charge in [0.2, 0.25) is 0 Å². The van der Waals surface area contributed by atoms with Gasteiger partial charge in [-0.25, -0.2) is 0 Å². The molecule has 0 atom stereocenters. The van der Waals surface area contributed by atoms with Gasteiger partial charge in [-0.1, -0.05) is 27.7 Å². The van der Waals surface area contributed by atoms with Crippen LogP contribution in [0.1, 0.15) is 34.1 Å². The van der Waals surface area contributed by atoms with Crippen LogP contribution in [0.25, 0.3) is 0 Å². The molecule has 0 aliphatic heterocycles. The van der Waals surface area contributed by atoms with Gasteiger partial charge in [-0.15, -0.1) is 0 Å². The zero-order valence-electron chi connectivity index (χ0n) is 8.61. The van der Waals surface area contributed by atoms with Gasteiger partial charge in [0.15, 0.2) is 0 Å². The molecule has 0 spiro atoms. The van der Waals surface area contributed by atoms with Gasteiger partial charge in [-0.2, -0.15) is 0 Å². The highest BCUT2D eigenvalue weighted by atomic mass is 16.5. The Kier molecular flexibility index (Phi) is 15.4. The van der Waals surface area contributed by atoms with E-state index in [2.05, 4.69) is 19.2 Å². The molecule has 0 saturated heterocycles. The Hall–Kier alpha value is -0.0800. The summed E-state index contributed by atoms with van der Waals surface area (Å²) in [6, 6.07) is 0.599. The van der Waals surface area contributed by atoms with E-state index >= 15 is 0 Å². The smallest absolute Gasteiger partial charge is 0.0474 e. The minimum Gasteiger partial charge on any atom is -0.385 e. The van der Waals surface area contributed by atoms with Gasteiger partial charge >= 0.3 is 0 Å². The summed E-state index contributed by atoms with van der Waals surface area (Å²) in [5.41, 5.74) is 0. The molecule has 0 aromatic heterocycles. The van der Waals surface area contributed by atoms with Crippen molar-refractivity contribution in [3.8, 4) is 0 Å². The predicted molar refractivity (Wildman–Crippen MR) is 51.0 cm³/mol. The predicted octanol–water partition coefficient (Wildman–Crippen LogP) is 2.05. The van der Waals surface area contributed by atoms with Crippen LogP contribution in [-0.2, 0) is 4.74 Å². The van der Waals surface area contributed by atoms with Crippen molar-refractivity contribution in [2.75, 3.05) is 20.3 Å². The molecule has 0 heterocycles. The van der Waals surface area contributed by atoms with E-state index in [-0.39, 0.29) is 0 Å². The van der Waals surface area contributed by atoms with Gasteiger partial charge in [0.1, 0.15) is 0 Å². The van der Waals surface area contributed by atoms with Crippen LogP contribution >= 0.6 is 0 Å². The molecule has 0 saturated carbocycles. The SMILES string of the molecule is CC.COCCCNC(C)C. The maximum Gasteiger partial charge on any atom is 0.0474 e. The monoisotopic (exact) mass is 161 g/mol. The van der Waals surface area contributed by atoms with E-state index in [0.717, 1.165) is 19.6 Å². The Labute approximate surface area is 71.3 Å². The van der Waals surface area contributed by atoms with E-state index in [1.165, 1.54) is 0 Å². The third-order valence-corrected chi connectivity index (χ3v) is 1.08. The Balaban J connectivity index is 0. The normalized spacial score (nSPS) is 9.27. The van der Waals surface area contributed by atoms with E-state index in [1.54, 1.807) is 7.11 Å². The topological polar surface area (TPSA) is 21.3 Å². The molecular formula is C9H23NO. The van der Waals surface area contributed by atoms with Crippen LogP contribution in [0.2, 0.25) is 0 Å². The number of nitrogens with one attached hydrogen (secondary N) is 1. The highest BCUT2D eigenvalue weighted by molar-refractivity contribution is 4.51. The van der Waals surface area contributed by atoms with Gasteiger partial charge in [-0.05, 0) is 13.0 Å². The van der Waals surface area contributed by atoms with Crippen molar-refractivity contribution in [2.45, 2.75) is 40.2 Å². The molecule has 0 aromatic rings. The Bertz CT molecular complexity index is 55.5. The first-order valence-electron chi connectivity index (χ1n) is 4.49.